The number of aliphatic hydroxyl groups is 1. The number of alkyl halides is 3. The van der Waals surface area contributed by atoms with Gasteiger partial charge in [-0.25, -0.2) is 0 Å². The first-order valence-corrected chi connectivity index (χ1v) is 11.0. The number of amides is 1. The van der Waals surface area contributed by atoms with Gasteiger partial charge in [0.2, 0.25) is 5.91 Å². The van der Waals surface area contributed by atoms with Gasteiger partial charge in [0, 0.05) is 31.0 Å². The number of carbonyl (C=O) groups excluding carboxylic acids is 1. The third-order valence-corrected chi connectivity index (χ3v) is 6.01. The Bertz CT molecular complexity index is 1140. The summed E-state index contributed by atoms with van der Waals surface area (Å²) in [6.07, 6.45) is -0.652. The Morgan fingerprint density at radius 3 is 2.71 bits per heavy atom. The number of aryl methyl sites for hydroxylation is 1. The molecule has 34 heavy (non-hydrogen) atoms. The fourth-order valence-electron chi connectivity index (χ4n) is 4.00. The number of rotatable bonds is 6. The summed E-state index contributed by atoms with van der Waals surface area (Å²) in [4.78, 5) is 14.5. The van der Waals surface area contributed by atoms with E-state index in [1.54, 1.807) is 28.8 Å². The SMILES string of the molecule is C[C@@](O)(CCn1cccn1)c1ccc2c(c1)CN(C(=O)Cc1cccc(C(F)(F)F)c1)CCO2. The summed E-state index contributed by atoms with van der Waals surface area (Å²) in [6, 6.07) is 12.1. The van der Waals surface area contributed by atoms with Gasteiger partial charge in [-0.05, 0) is 48.7 Å². The van der Waals surface area contributed by atoms with Gasteiger partial charge in [-0.3, -0.25) is 9.48 Å². The van der Waals surface area contributed by atoms with Crippen LogP contribution in [0.25, 0.3) is 0 Å². The maximum atomic E-state index is 13.0. The van der Waals surface area contributed by atoms with Gasteiger partial charge in [0.1, 0.15) is 12.4 Å². The molecule has 180 valence electrons. The maximum absolute atomic E-state index is 13.0. The highest BCUT2D eigenvalue weighted by Gasteiger charge is 2.31. The summed E-state index contributed by atoms with van der Waals surface area (Å²) in [7, 11) is 0. The van der Waals surface area contributed by atoms with Crippen molar-refractivity contribution in [3.05, 3.63) is 83.2 Å². The van der Waals surface area contributed by atoms with Crippen molar-refractivity contribution in [2.45, 2.75) is 44.6 Å². The molecule has 6 nitrogen and oxygen atoms in total. The Morgan fingerprint density at radius 2 is 1.97 bits per heavy atom. The van der Waals surface area contributed by atoms with E-state index in [1.165, 1.54) is 12.1 Å². The van der Waals surface area contributed by atoms with Crippen LogP contribution in [-0.4, -0.2) is 38.8 Å². The Hall–Kier alpha value is -3.33. The van der Waals surface area contributed by atoms with Crippen molar-refractivity contribution < 1.29 is 27.8 Å². The van der Waals surface area contributed by atoms with Crippen molar-refractivity contribution in [1.82, 2.24) is 14.7 Å². The number of halogens is 3. The number of carbonyl (C=O) groups is 1. The molecule has 1 aliphatic rings. The number of benzene rings is 2. The number of nitrogens with zero attached hydrogens (tertiary/aromatic N) is 3. The second-order valence-electron chi connectivity index (χ2n) is 8.65. The number of ether oxygens (including phenoxy) is 1. The number of hydrogen-bond donors (Lipinski definition) is 1. The van der Waals surface area contributed by atoms with Crippen molar-refractivity contribution in [3.8, 4) is 5.75 Å². The topological polar surface area (TPSA) is 67.6 Å². The Morgan fingerprint density at radius 1 is 1.15 bits per heavy atom. The summed E-state index contributed by atoms with van der Waals surface area (Å²) in [5.74, 6) is 0.340. The zero-order valence-electron chi connectivity index (χ0n) is 18.8. The van der Waals surface area contributed by atoms with E-state index in [2.05, 4.69) is 5.10 Å². The van der Waals surface area contributed by atoms with Crippen molar-refractivity contribution in [2.24, 2.45) is 0 Å². The lowest BCUT2D eigenvalue weighted by atomic mass is 9.91. The average Bonchev–Trinajstić information content (AvgIpc) is 3.22. The Kier molecular flexibility index (Phi) is 6.65. The zero-order chi connectivity index (χ0) is 24.3. The Balaban J connectivity index is 1.48. The van der Waals surface area contributed by atoms with Gasteiger partial charge in [0.25, 0.3) is 0 Å². The maximum Gasteiger partial charge on any atom is 0.416 e. The first-order chi connectivity index (χ1) is 16.1. The van der Waals surface area contributed by atoms with Crippen molar-refractivity contribution in [1.29, 1.82) is 0 Å². The van der Waals surface area contributed by atoms with E-state index < -0.39 is 17.3 Å². The van der Waals surface area contributed by atoms with E-state index in [-0.39, 0.29) is 25.5 Å². The third-order valence-electron chi connectivity index (χ3n) is 6.01. The molecular formula is C25H26F3N3O3. The summed E-state index contributed by atoms with van der Waals surface area (Å²) >= 11 is 0. The average molecular weight is 473 g/mol. The van der Waals surface area contributed by atoms with Gasteiger partial charge in [0.05, 0.1) is 24.1 Å². The molecule has 4 rings (SSSR count). The molecule has 2 heterocycles. The van der Waals surface area contributed by atoms with E-state index in [0.717, 1.165) is 17.7 Å². The van der Waals surface area contributed by atoms with Crippen LogP contribution in [0.1, 0.15) is 35.6 Å². The highest BCUT2D eigenvalue weighted by atomic mass is 19.4. The summed E-state index contributed by atoms with van der Waals surface area (Å²) < 4.78 is 46.6. The van der Waals surface area contributed by atoms with E-state index in [0.29, 0.717) is 36.4 Å². The third kappa shape index (κ3) is 5.59. The minimum atomic E-state index is -4.46. The van der Waals surface area contributed by atoms with Crippen molar-refractivity contribution in [3.63, 3.8) is 0 Å². The molecule has 3 aromatic rings. The van der Waals surface area contributed by atoms with Crippen LogP contribution in [0.2, 0.25) is 0 Å². The summed E-state index contributed by atoms with van der Waals surface area (Å²) in [5, 5.41) is 15.2. The van der Waals surface area contributed by atoms with Gasteiger partial charge in [0.15, 0.2) is 0 Å². The van der Waals surface area contributed by atoms with E-state index in [4.69, 9.17) is 4.74 Å². The second-order valence-corrected chi connectivity index (χ2v) is 8.65. The van der Waals surface area contributed by atoms with Crippen LogP contribution in [0.3, 0.4) is 0 Å². The first-order valence-electron chi connectivity index (χ1n) is 11.0. The van der Waals surface area contributed by atoms with Crippen molar-refractivity contribution in [2.75, 3.05) is 13.2 Å². The fraction of sp³-hybridized carbons (Fsp3) is 0.360. The number of aromatic nitrogens is 2. The van der Waals surface area contributed by atoms with Crippen LogP contribution >= 0.6 is 0 Å². The lowest BCUT2D eigenvalue weighted by Gasteiger charge is -2.25. The minimum Gasteiger partial charge on any atom is -0.491 e. The van der Waals surface area contributed by atoms with E-state index in [1.807, 2.05) is 24.4 Å². The first kappa shape index (κ1) is 23.8. The standard InChI is InChI=1S/C25H26F3N3O3/c1-24(33,8-11-31-10-3-9-29-31)20-6-7-22-19(16-20)17-30(12-13-34-22)23(32)15-18-4-2-5-21(14-18)25(26,27)28/h2-7,9-10,14,16,33H,8,11-13,15,17H2,1H3/t24-/m1/s1. The summed E-state index contributed by atoms with van der Waals surface area (Å²) in [6.45, 7) is 3.10. The molecule has 2 aromatic carbocycles. The normalized spacial score (nSPS) is 15.7. The minimum absolute atomic E-state index is 0.138. The van der Waals surface area contributed by atoms with Gasteiger partial charge in [-0.1, -0.05) is 24.3 Å². The molecule has 1 atom stereocenters. The smallest absolute Gasteiger partial charge is 0.416 e. The van der Waals surface area contributed by atoms with Crippen LogP contribution in [0, 0.1) is 0 Å². The van der Waals surface area contributed by atoms with Gasteiger partial charge < -0.3 is 14.7 Å². The van der Waals surface area contributed by atoms with Crippen molar-refractivity contribution >= 4 is 5.91 Å². The van der Waals surface area contributed by atoms with Crippen LogP contribution in [0.15, 0.2) is 60.9 Å². The molecule has 0 radical (unpaired) electrons. The van der Waals surface area contributed by atoms with E-state index >= 15 is 0 Å². The quantitative estimate of drug-likeness (QED) is 0.584. The van der Waals surface area contributed by atoms with Crippen LogP contribution in [0.5, 0.6) is 5.75 Å². The molecule has 0 fully saturated rings. The van der Waals surface area contributed by atoms with Crippen LogP contribution in [0.4, 0.5) is 13.2 Å². The molecular weight excluding hydrogens is 447 g/mol. The lowest BCUT2D eigenvalue weighted by molar-refractivity contribution is -0.138. The zero-order valence-corrected chi connectivity index (χ0v) is 18.8. The highest BCUT2D eigenvalue weighted by Crippen LogP contribution is 2.32. The second kappa shape index (κ2) is 9.50. The number of hydrogen-bond acceptors (Lipinski definition) is 4. The molecule has 0 bridgehead atoms. The monoisotopic (exact) mass is 473 g/mol. The van der Waals surface area contributed by atoms with Gasteiger partial charge in [-0.15, -0.1) is 0 Å². The summed E-state index contributed by atoms with van der Waals surface area (Å²) in [5.41, 5.74) is -0.161. The van der Waals surface area contributed by atoms with Crippen LogP contribution < -0.4 is 4.74 Å². The molecule has 0 aliphatic carbocycles. The molecule has 1 amide bonds. The molecule has 0 saturated heterocycles. The fourth-order valence-corrected chi connectivity index (χ4v) is 4.00. The largest absolute Gasteiger partial charge is 0.491 e. The molecule has 1 aromatic heterocycles. The molecule has 1 N–H and O–H groups in total. The van der Waals surface area contributed by atoms with Gasteiger partial charge >= 0.3 is 6.18 Å². The van der Waals surface area contributed by atoms with Crippen LogP contribution in [-0.2, 0) is 36.1 Å². The van der Waals surface area contributed by atoms with E-state index in [9.17, 15) is 23.1 Å². The molecule has 0 unspecified atom stereocenters. The highest BCUT2D eigenvalue weighted by molar-refractivity contribution is 5.79. The molecule has 9 heteroatoms. The van der Waals surface area contributed by atoms with Gasteiger partial charge in [-0.2, -0.15) is 18.3 Å². The Labute approximate surface area is 195 Å². The molecule has 1 aliphatic heterocycles. The molecule has 0 saturated carbocycles. The number of fused-ring (bicyclic) bond motifs is 1. The molecule has 0 spiro atoms. The predicted octanol–water partition coefficient (Wildman–Crippen LogP) is 4.16. The lowest BCUT2D eigenvalue weighted by Crippen LogP contribution is -2.33. The predicted molar refractivity (Wildman–Crippen MR) is 119 cm³/mol.